The molecule has 1 aromatic carbocycles. The average Bonchev–Trinajstić information content (AvgIpc) is 2.63. The van der Waals surface area contributed by atoms with Crippen molar-refractivity contribution in [2.45, 2.75) is 40.5 Å². The minimum atomic E-state index is -3.57. The Hall–Kier alpha value is -2.10. The molecule has 25 heavy (non-hydrogen) atoms. The van der Waals surface area contributed by atoms with Gasteiger partial charge < -0.3 is 4.52 Å². The highest BCUT2D eigenvalue weighted by atomic mass is 31.2. The monoisotopic (exact) mass is 360 g/mol. The Labute approximate surface area is 149 Å². The third-order valence-corrected chi connectivity index (χ3v) is 5.35. The first-order valence-electron chi connectivity index (χ1n) is 8.34. The quantitative estimate of drug-likeness (QED) is 0.492. The Morgan fingerprint density at radius 1 is 1.24 bits per heavy atom. The van der Waals surface area contributed by atoms with E-state index in [1.807, 2.05) is 39.0 Å². The summed E-state index contributed by atoms with van der Waals surface area (Å²) in [6, 6.07) is 7.74. The van der Waals surface area contributed by atoms with E-state index in [1.165, 1.54) is 11.4 Å². The second-order valence-corrected chi connectivity index (χ2v) is 7.57. The van der Waals surface area contributed by atoms with Crippen molar-refractivity contribution in [1.82, 2.24) is 4.98 Å². The zero-order valence-corrected chi connectivity index (χ0v) is 16.1. The lowest BCUT2D eigenvalue weighted by atomic mass is 10.1. The zero-order chi connectivity index (χ0) is 18.4. The van der Waals surface area contributed by atoms with E-state index >= 15 is 0 Å². The third-order valence-electron chi connectivity index (χ3n) is 4.11. The molecule has 5 nitrogen and oxygen atoms in total. The molecule has 0 saturated carbocycles. The molecule has 0 aliphatic carbocycles. The van der Waals surface area contributed by atoms with Gasteiger partial charge in [0.05, 0.1) is 0 Å². The van der Waals surface area contributed by atoms with Crippen molar-refractivity contribution in [1.29, 1.82) is 0 Å². The van der Waals surface area contributed by atoms with Crippen LogP contribution >= 0.6 is 7.60 Å². The normalized spacial score (nSPS) is 13.1. The van der Waals surface area contributed by atoms with E-state index in [1.54, 1.807) is 6.20 Å². The highest BCUT2D eigenvalue weighted by Gasteiger charge is 2.24. The lowest BCUT2D eigenvalue weighted by Crippen LogP contribution is -2.07. The van der Waals surface area contributed by atoms with Crippen molar-refractivity contribution < 1.29 is 13.7 Å². The molecule has 0 radical (unpaired) electrons. The topological polar surface area (TPSA) is 60.5 Å². The van der Waals surface area contributed by atoms with E-state index in [0.717, 1.165) is 29.5 Å². The van der Waals surface area contributed by atoms with Crippen LogP contribution < -0.4 is 10.0 Å². The van der Waals surface area contributed by atoms with Gasteiger partial charge in [-0.15, -0.1) is 0 Å². The molecule has 2 aromatic rings. The number of nitrogens with one attached hydrogen (secondary N) is 1. The van der Waals surface area contributed by atoms with Gasteiger partial charge in [0.1, 0.15) is 5.75 Å². The molecular weight excluding hydrogens is 335 g/mol. The Morgan fingerprint density at radius 3 is 2.64 bits per heavy atom. The maximum Gasteiger partial charge on any atom is 0.424 e. The summed E-state index contributed by atoms with van der Waals surface area (Å²) in [5.74, 6) is 2.24. The second kappa shape index (κ2) is 8.32. The maximum absolute atomic E-state index is 12.9. The standard InChI is InChI=1S/C19H25N2O3P/c1-6-16-9-10-18(17(7-2)13-16)23-25(22,8-3)24-21-19-15(5)14(4)11-12-20-19/h8-13H,3,6-7H2,1-2,4-5H3,(H,20,21). The lowest BCUT2D eigenvalue weighted by molar-refractivity contribution is 0.325. The molecule has 134 valence electrons. The molecule has 0 bridgehead atoms. The van der Waals surface area contributed by atoms with Crippen LogP contribution in [0.2, 0.25) is 0 Å². The van der Waals surface area contributed by atoms with Gasteiger partial charge in [0, 0.05) is 12.0 Å². The zero-order valence-electron chi connectivity index (χ0n) is 15.2. The number of hydrogen-bond acceptors (Lipinski definition) is 5. The minimum absolute atomic E-state index is 0.503. The van der Waals surface area contributed by atoms with E-state index < -0.39 is 7.60 Å². The first kappa shape index (κ1) is 19.2. The number of rotatable bonds is 8. The van der Waals surface area contributed by atoms with Crippen molar-refractivity contribution in [3.63, 3.8) is 0 Å². The van der Waals surface area contributed by atoms with Crippen molar-refractivity contribution in [3.8, 4) is 5.75 Å². The number of aryl methyl sites for hydroxylation is 3. The van der Waals surface area contributed by atoms with Crippen LogP contribution in [0.25, 0.3) is 0 Å². The molecule has 0 saturated heterocycles. The fraction of sp³-hybridized carbons (Fsp3) is 0.316. The van der Waals surface area contributed by atoms with Crippen molar-refractivity contribution in [2.24, 2.45) is 0 Å². The minimum Gasteiger partial charge on any atom is -0.420 e. The van der Waals surface area contributed by atoms with E-state index in [4.69, 9.17) is 9.15 Å². The molecule has 1 heterocycles. The van der Waals surface area contributed by atoms with Crippen molar-refractivity contribution >= 4 is 13.4 Å². The van der Waals surface area contributed by atoms with Gasteiger partial charge in [0.15, 0.2) is 5.82 Å². The molecule has 2 rings (SSSR count). The highest BCUT2D eigenvalue weighted by Crippen LogP contribution is 2.50. The summed E-state index contributed by atoms with van der Waals surface area (Å²) in [5, 5.41) is 0. The van der Waals surface area contributed by atoms with Crippen LogP contribution in [0.5, 0.6) is 5.75 Å². The largest absolute Gasteiger partial charge is 0.424 e. The molecule has 1 atom stereocenters. The predicted octanol–water partition coefficient (Wildman–Crippen LogP) is 5.58. The van der Waals surface area contributed by atoms with Gasteiger partial charge in [-0.25, -0.2) is 15.0 Å². The van der Waals surface area contributed by atoms with E-state index in [2.05, 4.69) is 30.0 Å². The fourth-order valence-electron chi connectivity index (χ4n) is 2.29. The van der Waals surface area contributed by atoms with Crippen LogP contribution in [-0.4, -0.2) is 4.98 Å². The summed E-state index contributed by atoms with van der Waals surface area (Å²) >= 11 is 0. The summed E-state index contributed by atoms with van der Waals surface area (Å²) in [6.07, 6.45) is 3.36. The summed E-state index contributed by atoms with van der Waals surface area (Å²) < 4.78 is 23.9. The molecule has 1 N–H and O–H groups in total. The molecule has 0 fully saturated rings. The SMILES string of the molecule is C=CP(=O)(ONc1nccc(C)c1C)Oc1ccc(CC)cc1CC. The Kier molecular flexibility index (Phi) is 6.40. The molecule has 1 aromatic heterocycles. The number of hydrogen-bond donors (Lipinski definition) is 1. The van der Waals surface area contributed by atoms with Gasteiger partial charge in [-0.05, 0) is 61.1 Å². The summed E-state index contributed by atoms with van der Waals surface area (Å²) in [6.45, 7) is 11.6. The Morgan fingerprint density at radius 2 is 2.00 bits per heavy atom. The third kappa shape index (κ3) is 4.71. The summed E-state index contributed by atoms with van der Waals surface area (Å²) in [7, 11) is -3.57. The van der Waals surface area contributed by atoms with Crippen LogP contribution in [0.4, 0.5) is 5.82 Å². The second-order valence-electron chi connectivity index (χ2n) is 5.76. The van der Waals surface area contributed by atoms with Crippen LogP contribution in [0.15, 0.2) is 42.9 Å². The first-order valence-corrected chi connectivity index (χ1v) is 9.95. The summed E-state index contributed by atoms with van der Waals surface area (Å²) in [5.41, 5.74) is 6.81. The van der Waals surface area contributed by atoms with Crippen LogP contribution in [0.3, 0.4) is 0 Å². The van der Waals surface area contributed by atoms with Gasteiger partial charge >= 0.3 is 7.60 Å². The number of benzene rings is 1. The first-order chi connectivity index (χ1) is 11.9. The number of nitrogens with zero attached hydrogens (tertiary/aromatic N) is 1. The van der Waals surface area contributed by atoms with Crippen LogP contribution in [0, 0.1) is 13.8 Å². The molecule has 6 heteroatoms. The molecule has 0 aliphatic heterocycles. The van der Waals surface area contributed by atoms with Crippen molar-refractivity contribution in [2.75, 3.05) is 5.48 Å². The molecule has 1 unspecified atom stereocenters. The molecule has 0 aliphatic rings. The van der Waals surface area contributed by atoms with Gasteiger partial charge in [-0.3, -0.25) is 0 Å². The van der Waals surface area contributed by atoms with Gasteiger partial charge in [0.25, 0.3) is 0 Å². The molecule has 0 spiro atoms. The number of pyridine rings is 1. The molecule has 0 amide bonds. The van der Waals surface area contributed by atoms with Gasteiger partial charge in [-0.2, -0.15) is 4.62 Å². The Bertz CT molecular complexity index is 805. The average molecular weight is 360 g/mol. The fourth-order valence-corrected chi connectivity index (χ4v) is 3.14. The highest BCUT2D eigenvalue weighted by molar-refractivity contribution is 7.57. The molecular formula is C19H25N2O3P. The lowest BCUT2D eigenvalue weighted by Gasteiger charge is -2.19. The Balaban J connectivity index is 2.19. The van der Waals surface area contributed by atoms with Gasteiger partial charge in [0.2, 0.25) is 0 Å². The smallest absolute Gasteiger partial charge is 0.420 e. The summed E-state index contributed by atoms with van der Waals surface area (Å²) in [4.78, 5) is 4.19. The van der Waals surface area contributed by atoms with E-state index in [0.29, 0.717) is 11.6 Å². The van der Waals surface area contributed by atoms with Crippen LogP contribution in [-0.2, 0) is 22.0 Å². The van der Waals surface area contributed by atoms with Crippen LogP contribution in [0.1, 0.15) is 36.1 Å². The van der Waals surface area contributed by atoms with Gasteiger partial charge in [-0.1, -0.05) is 32.6 Å². The number of aromatic nitrogens is 1. The number of anilines is 1. The van der Waals surface area contributed by atoms with Crippen molar-refractivity contribution in [3.05, 3.63) is 65.1 Å². The maximum atomic E-state index is 12.9. The van der Waals surface area contributed by atoms with E-state index in [9.17, 15) is 4.57 Å². The predicted molar refractivity (Wildman–Crippen MR) is 102 cm³/mol. The van der Waals surface area contributed by atoms with E-state index in [-0.39, 0.29) is 0 Å².